The first kappa shape index (κ1) is 16.1. The molecule has 134 valence electrons. The van der Waals surface area contributed by atoms with Crippen molar-refractivity contribution in [3.63, 3.8) is 0 Å². The minimum Gasteiger partial charge on any atom is -0.393 e. The molecule has 0 bridgehead atoms. The van der Waals surface area contributed by atoms with Crippen LogP contribution in [0.3, 0.4) is 0 Å². The van der Waals surface area contributed by atoms with Gasteiger partial charge in [-0.2, -0.15) is 0 Å². The van der Waals surface area contributed by atoms with E-state index in [-0.39, 0.29) is 6.10 Å². The van der Waals surface area contributed by atoms with Crippen LogP contribution in [-0.4, -0.2) is 32.2 Å². The molecule has 6 heteroatoms. The second-order valence-electron chi connectivity index (χ2n) is 7.32. The van der Waals surface area contributed by atoms with E-state index in [1.54, 1.807) is 6.20 Å². The van der Waals surface area contributed by atoms with E-state index in [2.05, 4.69) is 10.3 Å². The molecule has 2 aliphatic carbocycles. The van der Waals surface area contributed by atoms with Crippen molar-refractivity contribution in [1.29, 1.82) is 0 Å². The van der Waals surface area contributed by atoms with Crippen molar-refractivity contribution in [2.75, 3.05) is 5.32 Å². The van der Waals surface area contributed by atoms with Crippen molar-refractivity contribution in [3.8, 4) is 11.4 Å². The normalized spacial score (nSPS) is 22.5. The van der Waals surface area contributed by atoms with Gasteiger partial charge in [0.1, 0.15) is 10.6 Å². The van der Waals surface area contributed by atoms with Gasteiger partial charge in [-0.05, 0) is 62.6 Å². The Morgan fingerprint density at radius 2 is 2.00 bits per heavy atom. The molecule has 0 atom stereocenters. The number of nitrogens with one attached hydrogen (secondary N) is 1. The summed E-state index contributed by atoms with van der Waals surface area (Å²) in [6, 6.07) is 4.30. The highest BCUT2D eigenvalue weighted by atomic mass is 32.1. The van der Waals surface area contributed by atoms with Crippen molar-refractivity contribution in [1.82, 2.24) is 15.0 Å². The molecule has 2 aliphatic rings. The Morgan fingerprint density at radius 1 is 1.12 bits per heavy atom. The Balaban J connectivity index is 1.59. The van der Waals surface area contributed by atoms with Crippen molar-refractivity contribution < 1.29 is 5.11 Å². The van der Waals surface area contributed by atoms with Gasteiger partial charge in [0.2, 0.25) is 0 Å². The summed E-state index contributed by atoms with van der Waals surface area (Å²) >= 11 is 1.82. The third-order valence-electron chi connectivity index (χ3n) is 5.52. The Kier molecular flexibility index (Phi) is 4.10. The van der Waals surface area contributed by atoms with Gasteiger partial charge < -0.3 is 10.4 Å². The number of aryl methyl sites for hydroxylation is 2. The third kappa shape index (κ3) is 2.87. The maximum absolute atomic E-state index is 9.79. The van der Waals surface area contributed by atoms with E-state index >= 15 is 0 Å². The summed E-state index contributed by atoms with van der Waals surface area (Å²) < 4.78 is 0. The standard InChI is InChI=1S/C20H22N4OS/c25-14-8-6-13(7-9-14)22-19-17-15-4-1-5-16(15)26-20(17)24-18(23-19)12-3-2-10-21-11-12/h2-3,10-11,13-14,25H,1,4-9H2,(H,22,23,24). The average molecular weight is 366 g/mol. The molecule has 0 radical (unpaired) electrons. The van der Waals surface area contributed by atoms with Crippen molar-refractivity contribution >= 4 is 27.4 Å². The van der Waals surface area contributed by atoms with Gasteiger partial charge in [0.05, 0.1) is 11.5 Å². The number of fused-ring (bicyclic) bond motifs is 3. The van der Waals surface area contributed by atoms with E-state index in [1.807, 2.05) is 29.7 Å². The van der Waals surface area contributed by atoms with E-state index < -0.39 is 0 Å². The Bertz CT molecular complexity index is 932. The maximum Gasteiger partial charge on any atom is 0.164 e. The summed E-state index contributed by atoms with van der Waals surface area (Å²) in [6.07, 6.45) is 10.7. The zero-order valence-electron chi connectivity index (χ0n) is 14.6. The number of hydrogen-bond donors (Lipinski definition) is 2. The van der Waals surface area contributed by atoms with Crippen LogP contribution in [0.25, 0.3) is 21.6 Å². The van der Waals surface area contributed by atoms with Gasteiger partial charge in [-0.1, -0.05) is 0 Å². The molecule has 3 aromatic heterocycles. The number of aromatic nitrogens is 3. The van der Waals surface area contributed by atoms with Gasteiger partial charge in [0.15, 0.2) is 5.82 Å². The molecule has 5 rings (SSSR count). The van der Waals surface area contributed by atoms with Gasteiger partial charge >= 0.3 is 0 Å². The molecule has 1 saturated carbocycles. The molecule has 0 amide bonds. The molecule has 0 aromatic carbocycles. The van der Waals surface area contributed by atoms with Gasteiger partial charge in [-0.15, -0.1) is 11.3 Å². The zero-order chi connectivity index (χ0) is 17.5. The van der Waals surface area contributed by atoms with E-state index in [9.17, 15) is 5.11 Å². The summed E-state index contributed by atoms with van der Waals surface area (Å²) in [5.74, 6) is 1.71. The van der Waals surface area contributed by atoms with Gasteiger partial charge in [-0.25, -0.2) is 9.97 Å². The zero-order valence-corrected chi connectivity index (χ0v) is 15.4. The Labute approximate surface area is 156 Å². The summed E-state index contributed by atoms with van der Waals surface area (Å²) in [5, 5.41) is 14.7. The second kappa shape index (κ2) is 6.59. The van der Waals surface area contributed by atoms with Crippen LogP contribution in [0.5, 0.6) is 0 Å². The van der Waals surface area contributed by atoms with E-state index in [0.717, 1.165) is 60.6 Å². The third-order valence-corrected chi connectivity index (χ3v) is 6.71. The first-order valence-corrected chi connectivity index (χ1v) is 10.3. The van der Waals surface area contributed by atoms with Crippen LogP contribution >= 0.6 is 11.3 Å². The summed E-state index contributed by atoms with van der Waals surface area (Å²) in [4.78, 5) is 16.6. The quantitative estimate of drug-likeness (QED) is 0.734. The highest BCUT2D eigenvalue weighted by molar-refractivity contribution is 7.19. The molecule has 2 N–H and O–H groups in total. The lowest BCUT2D eigenvalue weighted by molar-refractivity contribution is 0.126. The lowest BCUT2D eigenvalue weighted by Crippen LogP contribution is -2.28. The van der Waals surface area contributed by atoms with Crippen LogP contribution in [0.1, 0.15) is 42.5 Å². The van der Waals surface area contributed by atoms with Gasteiger partial charge in [-0.3, -0.25) is 4.98 Å². The number of hydrogen-bond acceptors (Lipinski definition) is 6. The van der Waals surface area contributed by atoms with Crippen LogP contribution in [0, 0.1) is 0 Å². The number of nitrogens with zero attached hydrogens (tertiary/aromatic N) is 3. The smallest absolute Gasteiger partial charge is 0.164 e. The van der Waals surface area contributed by atoms with E-state index in [4.69, 9.17) is 9.97 Å². The highest BCUT2D eigenvalue weighted by Gasteiger charge is 2.25. The molecule has 0 unspecified atom stereocenters. The van der Waals surface area contributed by atoms with E-state index in [0.29, 0.717) is 6.04 Å². The largest absolute Gasteiger partial charge is 0.393 e. The fraction of sp³-hybridized carbons (Fsp3) is 0.450. The predicted octanol–water partition coefficient (Wildman–Crippen LogP) is 3.96. The SMILES string of the molecule is OC1CCC(Nc2nc(-c3cccnc3)nc3sc4c(c23)CCC4)CC1. The molecule has 0 aliphatic heterocycles. The van der Waals surface area contributed by atoms with Crippen LogP contribution in [0.2, 0.25) is 0 Å². The molecule has 0 spiro atoms. The molecular formula is C20H22N4OS. The van der Waals surface area contributed by atoms with Crippen LogP contribution in [0.4, 0.5) is 5.82 Å². The summed E-state index contributed by atoms with van der Waals surface area (Å²) in [5.41, 5.74) is 2.39. The fourth-order valence-corrected chi connectivity index (χ4v) is 5.40. The lowest BCUT2D eigenvalue weighted by Gasteiger charge is -2.27. The minimum absolute atomic E-state index is 0.144. The first-order valence-electron chi connectivity index (χ1n) is 9.45. The molecule has 5 nitrogen and oxygen atoms in total. The lowest BCUT2D eigenvalue weighted by atomic mass is 9.93. The Morgan fingerprint density at radius 3 is 2.81 bits per heavy atom. The Hall–Kier alpha value is -2.05. The molecule has 0 saturated heterocycles. The minimum atomic E-state index is -0.144. The number of aliphatic hydroxyl groups excluding tert-OH is 1. The van der Waals surface area contributed by atoms with Crippen molar-refractivity contribution in [2.45, 2.75) is 57.1 Å². The summed E-state index contributed by atoms with van der Waals surface area (Å²) in [7, 11) is 0. The molecular weight excluding hydrogens is 344 g/mol. The monoisotopic (exact) mass is 366 g/mol. The second-order valence-corrected chi connectivity index (χ2v) is 8.41. The first-order chi connectivity index (χ1) is 12.8. The average Bonchev–Trinajstić information content (AvgIpc) is 3.25. The molecule has 3 aromatic rings. The van der Waals surface area contributed by atoms with Crippen molar-refractivity contribution in [3.05, 3.63) is 35.0 Å². The number of pyridine rings is 1. The van der Waals surface area contributed by atoms with E-state index in [1.165, 1.54) is 22.2 Å². The molecule has 26 heavy (non-hydrogen) atoms. The number of rotatable bonds is 3. The van der Waals surface area contributed by atoms with Crippen LogP contribution in [-0.2, 0) is 12.8 Å². The molecule has 3 heterocycles. The van der Waals surface area contributed by atoms with Crippen molar-refractivity contribution in [2.24, 2.45) is 0 Å². The van der Waals surface area contributed by atoms with Crippen LogP contribution < -0.4 is 5.32 Å². The topological polar surface area (TPSA) is 70.9 Å². The van der Waals surface area contributed by atoms with Crippen LogP contribution in [0.15, 0.2) is 24.5 Å². The number of thiophene rings is 1. The summed E-state index contributed by atoms with van der Waals surface area (Å²) in [6.45, 7) is 0. The van der Waals surface area contributed by atoms with Gasteiger partial charge in [0.25, 0.3) is 0 Å². The number of anilines is 1. The molecule has 1 fully saturated rings. The van der Waals surface area contributed by atoms with Gasteiger partial charge in [0, 0.05) is 28.9 Å². The predicted molar refractivity (Wildman–Crippen MR) is 105 cm³/mol. The fourth-order valence-electron chi connectivity index (χ4n) is 4.14. The highest BCUT2D eigenvalue weighted by Crippen LogP contribution is 2.41. The maximum atomic E-state index is 9.79. The number of aliphatic hydroxyl groups is 1.